The maximum atomic E-state index is 12.5. The number of nitrogens with one attached hydrogen (secondary N) is 1. The first-order valence-corrected chi connectivity index (χ1v) is 10.9. The Morgan fingerprint density at radius 1 is 0.867 bits per heavy atom. The second-order valence-electron chi connectivity index (χ2n) is 7.05. The first-order chi connectivity index (χ1) is 14.5. The van der Waals surface area contributed by atoms with E-state index in [0.29, 0.717) is 0 Å². The van der Waals surface area contributed by atoms with Crippen LogP contribution >= 0.6 is 11.8 Å². The average Bonchev–Trinajstić information content (AvgIpc) is 2.75. The van der Waals surface area contributed by atoms with Crippen molar-refractivity contribution in [2.24, 2.45) is 0 Å². The van der Waals surface area contributed by atoms with Gasteiger partial charge in [-0.1, -0.05) is 78.4 Å². The van der Waals surface area contributed by atoms with Crippen molar-refractivity contribution in [3.8, 4) is 0 Å². The van der Waals surface area contributed by atoms with Gasteiger partial charge in [0.05, 0.1) is 11.5 Å². The molecular weight excluding hydrogens is 394 g/mol. The molecule has 3 aromatic rings. The van der Waals surface area contributed by atoms with E-state index in [4.69, 9.17) is 4.74 Å². The highest BCUT2D eigenvalue weighted by molar-refractivity contribution is 8.00. The van der Waals surface area contributed by atoms with Crippen LogP contribution in [0.1, 0.15) is 28.4 Å². The van der Waals surface area contributed by atoms with Crippen LogP contribution in [0.25, 0.3) is 0 Å². The molecule has 3 aromatic carbocycles. The molecule has 1 N–H and O–H groups in total. The number of hydrogen-bond acceptors (Lipinski definition) is 4. The van der Waals surface area contributed by atoms with Crippen molar-refractivity contribution < 1.29 is 14.3 Å². The number of esters is 1. The van der Waals surface area contributed by atoms with E-state index >= 15 is 0 Å². The van der Waals surface area contributed by atoms with Crippen molar-refractivity contribution in [3.05, 3.63) is 101 Å². The first kappa shape index (κ1) is 21.7. The number of hydrogen-bond donors (Lipinski definition) is 1. The first-order valence-electron chi connectivity index (χ1n) is 9.77. The smallest absolute Gasteiger partial charge is 0.316 e. The van der Waals surface area contributed by atoms with E-state index in [0.717, 1.165) is 27.9 Å². The molecule has 0 fully saturated rings. The van der Waals surface area contributed by atoms with Gasteiger partial charge in [-0.2, -0.15) is 0 Å². The van der Waals surface area contributed by atoms with Crippen molar-refractivity contribution in [3.63, 3.8) is 0 Å². The Morgan fingerprint density at radius 2 is 1.47 bits per heavy atom. The summed E-state index contributed by atoms with van der Waals surface area (Å²) >= 11 is 1.24. The molecule has 3 rings (SSSR count). The van der Waals surface area contributed by atoms with E-state index in [9.17, 15) is 9.59 Å². The van der Waals surface area contributed by atoms with Crippen molar-refractivity contribution in [1.29, 1.82) is 0 Å². The summed E-state index contributed by atoms with van der Waals surface area (Å²) in [5.41, 5.74) is 4.78. The molecule has 0 aliphatic heterocycles. The summed E-state index contributed by atoms with van der Waals surface area (Å²) in [5.74, 6) is -0.195. The molecule has 0 spiro atoms. The van der Waals surface area contributed by atoms with E-state index in [-0.39, 0.29) is 23.4 Å². The minimum Gasteiger partial charge on any atom is -0.452 e. The number of rotatable bonds is 8. The zero-order valence-electron chi connectivity index (χ0n) is 17.1. The van der Waals surface area contributed by atoms with Crippen LogP contribution in [-0.2, 0) is 14.3 Å². The molecule has 1 amide bonds. The Hall–Kier alpha value is -3.05. The second kappa shape index (κ2) is 10.6. The Bertz CT molecular complexity index is 950. The summed E-state index contributed by atoms with van der Waals surface area (Å²) < 4.78 is 5.76. The van der Waals surface area contributed by atoms with E-state index in [2.05, 4.69) is 5.32 Å². The van der Waals surface area contributed by atoms with Crippen LogP contribution in [0.3, 0.4) is 0 Å². The minimum absolute atomic E-state index is 0.108. The lowest BCUT2D eigenvalue weighted by Gasteiger charge is -2.19. The summed E-state index contributed by atoms with van der Waals surface area (Å²) in [4.78, 5) is 24.7. The maximum Gasteiger partial charge on any atom is 0.316 e. The van der Waals surface area contributed by atoms with E-state index < -0.39 is 6.10 Å². The fourth-order valence-electron chi connectivity index (χ4n) is 3.12. The number of carbonyl (C=O) groups is 2. The molecule has 154 valence electrons. The highest BCUT2D eigenvalue weighted by atomic mass is 32.2. The molecule has 30 heavy (non-hydrogen) atoms. The Morgan fingerprint density at radius 3 is 2.03 bits per heavy atom. The summed E-state index contributed by atoms with van der Waals surface area (Å²) in [6.45, 7) is 3.97. The zero-order valence-corrected chi connectivity index (χ0v) is 17.9. The summed E-state index contributed by atoms with van der Waals surface area (Å²) in [7, 11) is 0. The molecule has 0 saturated heterocycles. The summed E-state index contributed by atoms with van der Waals surface area (Å²) in [6.07, 6.45) is -0.468. The summed E-state index contributed by atoms with van der Waals surface area (Å²) in [6, 6.07) is 25.2. The standard InChI is InChI=1S/C25H25NO3S/c1-18-13-14-22(19(2)15-18)26-23(27)16-30-17-24(28)29-25(20-9-5-3-6-10-20)21-11-7-4-8-12-21/h3-15,25H,16-17H2,1-2H3,(H,26,27). The van der Waals surface area contributed by atoms with Crippen molar-refractivity contribution in [2.45, 2.75) is 20.0 Å². The lowest BCUT2D eigenvalue weighted by Crippen LogP contribution is -2.18. The van der Waals surface area contributed by atoms with E-state index in [1.165, 1.54) is 11.8 Å². The van der Waals surface area contributed by atoms with E-state index in [1.807, 2.05) is 92.7 Å². The van der Waals surface area contributed by atoms with Crippen LogP contribution in [0.4, 0.5) is 5.69 Å². The third kappa shape index (κ3) is 6.22. The van der Waals surface area contributed by atoms with Gasteiger partial charge < -0.3 is 10.1 Å². The molecule has 0 unspecified atom stereocenters. The normalized spacial score (nSPS) is 10.6. The van der Waals surface area contributed by atoms with Gasteiger partial charge >= 0.3 is 5.97 Å². The lowest BCUT2D eigenvalue weighted by atomic mass is 10.0. The maximum absolute atomic E-state index is 12.5. The van der Waals surface area contributed by atoms with Crippen LogP contribution in [0.15, 0.2) is 78.9 Å². The van der Waals surface area contributed by atoms with Gasteiger partial charge in [-0.15, -0.1) is 11.8 Å². The van der Waals surface area contributed by atoms with Crippen LogP contribution in [0.2, 0.25) is 0 Å². The van der Waals surface area contributed by atoms with Gasteiger partial charge in [0.15, 0.2) is 6.10 Å². The van der Waals surface area contributed by atoms with Crippen LogP contribution in [0.5, 0.6) is 0 Å². The quantitative estimate of drug-likeness (QED) is 0.503. The number of carbonyl (C=O) groups excluding carboxylic acids is 2. The molecule has 0 aliphatic rings. The number of thioether (sulfide) groups is 1. The summed E-state index contributed by atoms with van der Waals surface area (Å²) in [5, 5.41) is 2.89. The highest BCUT2D eigenvalue weighted by Gasteiger charge is 2.19. The number of aryl methyl sites for hydroxylation is 2. The Kier molecular flexibility index (Phi) is 7.69. The van der Waals surface area contributed by atoms with Gasteiger partial charge in [0.1, 0.15) is 0 Å². The third-order valence-electron chi connectivity index (χ3n) is 4.56. The average molecular weight is 420 g/mol. The molecule has 0 bridgehead atoms. The number of anilines is 1. The van der Waals surface area contributed by atoms with Gasteiger partial charge in [-0.05, 0) is 36.6 Å². The predicted octanol–water partition coefficient (Wildman–Crippen LogP) is 5.31. The molecule has 0 atom stereocenters. The van der Waals surface area contributed by atoms with Crippen molar-refractivity contribution >= 4 is 29.3 Å². The lowest BCUT2D eigenvalue weighted by molar-refractivity contribution is -0.144. The Balaban J connectivity index is 1.54. The second-order valence-corrected chi connectivity index (χ2v) is 8.04. The molecule has 0 radical (unpaired) electrons. The number of ether oxygens (including phenoxy) is 1. The van der Waals surface area contributed by atoms with Crippen LogP contribution in [-0.4, -0.2) is 23.4 Å². The topological polar surface area (TPSA) is 55.4 Å². The molecular formula is C25H25NO3S. The molecule has 0 aromatic heterocycles. The fraction of sp³-hybridized carbons (Fsp3) is 0.200. The van der Waals surface area contributed by atoms with Gasteiger partial charge in [-0.25, -0.2) is 0 Å². The number of benzene rings is 3. The zero-order chi connectivity index (χ0) is 21.3. The van der Waals surface area contributed by atoms with Gasteiger partial charge in [0, 0.05) is 5.69 Å². The van der Waals surface area contributed by atoms with Crippen LogP contribution < -0.4 is 5.32 Å². The molecule has 5 heteroatoms. The van der Waals surface area contributed by atoms with Gasteiger partial charge in [0.25, 0.3) is 0 Å². The van der Waals surface area contributed by atoms with Crippen molar-refractivity contribution in [1.82, 2.24) is 0 Å². The van der Waals surface area contributed by atoms with Gasteiger partial charge in [0.2, 0.25) is 5.91 Å². The predicted molar refractivity (Wildman–Crippen MR) is 123 cm³/mol. The monoisotopic (exact) mass is 419 g/mol. The van der Waals surface area contributed by atoms with Gasteiger partial charge in [-0.3, -0.25) is 9.59 Å². The number of amides is 1. The van der Waals surface area contributed by atoms with E-state index in [1.54, 1.807) is 0 Å². The van der Waals surface area contributed by atoms with Crippen LogP contribution in [0, 0.1) is 13.8 Å². The molecule has 4 nitrogen and oxygen atoms in total. The fourth-order valence-corrected chi connectivity index (χ4v) is 3.71. The van der Waals surface area contributed by atoms with Crippen molar-refractivity contribution in [2.75, 3.05) is 16.8 Å². The minimum atomic E-state index is -0.468. The Labute approximate surface area is 181 Å². The SMILES string of the molecule is Cc1ccc(NC(=O)CSCC(=O)OC(c2ccccc2)c2ccccc2)c(C)c1. The largest absolute Gasteiger partial charge is 0.452 e. The molecule has 0 saturated carbocycles. The third-order valence-corrected chi connectivity index (χ3v) is 5.47. The molecule has 0 heterocycles. The highest BCUT2D eigenvalue weighted by Crippen LogP contribution is 2.26. The molecule has 0 aliphatic carbocycles.